The largest absolute Gasteiger partial charge is 0.265 e. The first-order valence-corrected chi connectivity index (χ1v) is 4.35. The molecule has 0 aromatic heterocycles. The number of nitrogens with zero attached hydrogens (tertiary/aromatic N) is 1. The van der Waals surface area contributed by atoms with Crippen molar-refractivity contribution in [2.45, 2.75) is 5.67 Å². The van der Waals surface area contributed by atoms with Crippen LogP contribution in [0.2, 0.25) is 5.02 Å². The second kappa shape index (κ2) is 3.17. The molecule has 1 nitrogen and oxygen atoms in total. The monoisotopic (exact) mass is 213 g/mol. The third-order valence-electron chi connectivity index (χ3n) is 1.97. The quantitative estimate of drug-likeness (QED) is 0.679. The second-order valence-electron chi connectivity index (χ2n) is 3.02. The van der Waals surface area contributed by atoms with E-state index in [1.165, 1.54) is 18.3 Å². The van der Waals surface area contributed by atoms with Crippen molar-refractivity contribution in [3.8, 4) is 0 Å². The molecule has 14 heavy (non-hydrogen) atoms. The summed E-state index contributed by atoms with van der Waals surface area (Å²) in [5.41, 5.74) is -1.67. The van der Waals surface area contributed by atoms with Gasteiger partial charge in [0.05, 0.1) is 0 Å². The Bertz CT molecular complexity index is 394. The number of halogens is 3. The van der Waals surface area contributed by atoms with Crippen molar-refractivity contribution in [3.63, 3.8) is 0 Å². The minimum atomic E-state index is -1.83. The zero-order valence-electron chi connectivity index (χ0n) is 7.05. The summed E-state index contributed by atoms with van der Waals surface area (Å²) >= 11 is 5.62. The molecular weight excluding hydrogens is 208 g/mol. The molecule has 4 heteroatoms. The lowest BCUT2D eigenvalue weighted by Gasteiger charge is -2.14. The molecule has 0 N–H and O–H groups in total. The maximum atomic E-state index is 13.9. The normalized spacial score (nSPS) is 24.5. The van der Waals surface area contributed by atoms with Gasteiger partial charge in [-0.1, -0.05) is 11.6 Å². The van der Waals surface area contributed by atoms with Gasteiger partial charge in [-0.3, -0.25) is 4.99 Å². The highest BCUT2D eigenvalue weighted by Gasteiger charge is 2.29. The SMILES string of the molecule is Fc1cc(Cl)cc(C2(F)C=CN=C2)c1. The lowest BCUT2D eigenvalue weighted by molar-refractivity contribution is 0.343. The predicted octanol–water partition coefficient (Wildman–Crippen LogP) is 3.24. The van der Waals surface area contributed by atoms with Crippen LogP contribution >= 0.6 is 11.6 Å². The summed E-state index contributed by atoms with van der Waals surface area (Å²) in [5, 5.41) is 0.172. The number of rotatable bonds is 1. The Hall–Kier alpha value is -1.22. The Kier molecular flexibility index (Phi) is 2.11. The molecule has 72 valence electrons. The van der Waals surface area contributed by atoms with E-state index in [0.29, 0.717) is 0 Å². The third-order valence-corrected chi connectivity index (χ3v) is 2.19. The minimum absolute atomic E-state index is 0.153. The van der Waals surface area contributed by atoms with Crippen molar-refractivity contribution >= 4 is 17.8 Å². The molecule has 0 saturated heterocycles. The van der Waals surface area contributed by atoms with Crippen molar-refractivity contribution < 1.29 is 8.78 Å². The Morgan fingerprint density at radius 3 is 2.64 bits per heavy atom. The predicted molar refractivity (Wildman–Crippen MR) is 51.8 cm³/mol. The van der Waals surface area contributed by atoms with Crippen LogP contribution in [0, 0.1) is 5.82 Å². The van der Waals surface area contributed by atoms with E-state index >= 15 is 0 Å². The average molecular weight is 214 g/mol. The number of aliphatic imine (C=N–C) groups is 1. The van der Waals surface area contributed by atoms with Gasteiger partial charge in [0, 0.05) is 23.0 Å². The number of allylic oxidation sites excluding steroid dienone is 1. The summed E-state index contributed by atoms with van der Waals surface area (Å²) in [6.45, 7) is 0. The van der Waals surface area contributed by atoms with Gasteiger partial charge in [-0.05, 0) is 24.3 Å². The van der Waals surface area contributed by atoms with Crippen LogP contribution in [0.15, 0.2) is 35.5 Å². The van der Waals surface area contributed by atoms with E-state index in [1.54, 1.807) is 0 Å². The van der Waals surface area contributed by atoms with Crippen LogP contribution in [0.1, 0.15) is 5.56 Å². The van der Waals surface area contributed by atoms with E-state index < -0.39 is 11.5 Å². The first-order chi connectivity index (χ1) is 6.60. The molecule has 1 heterocycles. The van der Waals surface area contributed by atoms with E-state index in [9.17, 15) is 8.78 Å². The van der Waals surface area contributed by atoms with E-state index in [-0.39, 0.29) is 10.6 Å². The van der Waals surface area contributed by atoms with Crippen LogP contribution in [-0.4, -0.2) is 6.21 Å². The minimum Gasteiger partial charge on any atom is -0.265 e. The topological polar surface area (TPSA) is 12.4 Å². The number of hydrogen-bond acceptors (Lipinski definition) is 1. The molecule has 0 fully saturated rings. The van der Waals surface area contributed by atoms with Crippen LogP contribution in [0.4, 0.5) is 8.78 Å². The van der Waals surface area contributed by atoms with Gasteiger partial charge in [0.2, 0.25) is 0 Å². The van der Waals surface area contributed by atoms with E-state index in [1.807, 2.05) is 0 Å². The van der Waals surface area contributed by atoms with Crippen molar-refractivity contribution in [1.82, 2.24) is 0 Å². The average Bonchev–Trinajstić information content (AvgIpc) is 2.52. The molecule has 1 atom stereocenters. The molecule has 1 aliphatic heterocycles. The third kappa shape index (κ3) is 1.55. The van der Waals surface area contributed by atoms with Gasteiger partial charge in [-0.2, -0.15) is 0 Å². The van der Waals surface area contributed by atoms with Gasteiger partial charge < -0.3 is 0 Å². The van der Waals surface area contributed by atoms with Gasteiger partial charge in [0.15, 0.2) is 5.67 Å². The summed E-state index contributed by atoms with van der Waals surface area (Å²) in [5.74, 6) is -0.557. The van der Waals surface area contributed by atoms with Crippen LogP contribution in [0.3, 0.4) is 0 Å². The van der Waals surface area contributed by atoms with Gasteiger partial charge in [0.25, 0.3) is 0 Å². The van der Waals surface area contributed by atoms with E-state index in [0.717, 1.165) is 18.3 Å². The van der Waals surface area contributed by atoms with E-state index in [2.05, 4.69) is 4.99 Å². The molecule has 0 radical (unpaired) electrons. The summed E-state index contributed by atoms with van der Waals surface area (Å²) in [6, 6.07) is 3.62. The van der Waals surface area contributed by atoms with Gasteiger partial charge >= 0.3 is 0 Å². The van der Waals surface area contributed by atoms with Gasteiger partial charge in [-0.15, -0.1) is 0 Å². The molecular formula is C10H6ClF2N. The molecule has 0 spiro atoms. The lowest BCUT2D eigenvalue weighted by atomic mass is 9.98. The molecule has 0 saturated carbocycles. The maximum Gasteiger partial charge on any atom is 0.191 e. The fourth-order valence-corrected chi connectivity index (χ4v) is 1.51. The smallest absolute Gasteiger partial charge is 0.191 e. The van der Waals surface area contributed by atoms with Crippen LogP contribution in [0.25, 0.3) is 0 Å². The Balaban J connectivity index is 2.51. The number of alkyl halides is 1. The standard InChI is InChI=1S/C10H6ClF2N/c11-8-3-7(4-9(12)5-8)10(13)1-2-14-6-10/h1-6H. The fraction of sp³-hybridized carbons (Fsp3) is 0.100. The van der Waals surface area contributed by atoms with Crippen molar-refractivity contribution in [1.29, 1.82) is 0 Å². The maximum absolute atomic E-state index is 13.9. The molecule has 0 aliphatic carbocycles. The van der Waals surface area contributed by atoms with Crippen molar-refractivity contribution in [2.24, 2.45) is 4.99 Å². The van der Waals surface area contributed by atoms with Crippen LogP contribution < -0.4 is 0 Å². The molecule has 1 aromatic rings. The van der Waals surface area contributed by atoms with Crippen molar-refractivity contribution in [3.05, 3.63) is 46.9 Å². The molecule has 1 unspecified atom stereocenters. The summed E-state index contributed by atoms with van der Waals surface area (Å²) in [7, 11) is 0. The highest BCUT2D eigenvalue weighted by Crippen LogP contribution is 2.31. The Morgan fingerprint density at radius 2 is 2.07 bits per heavy atom. The fourth-order valence-electron chi connectivity index (χ4n) is 1.29. The first-order valence-electron chi connectivity index (χ1n) is 3.98. The molecule has 1 aromatic carbocycles. The number of hydrogen-bond donors (Lipinski definition) is 0. The lowest BCUT2D eigenvalue weighted by Crippen LogP contribution is -2.16. The summed E-state index contributed by atoms with van der Waals surface area (Å²) in [4.78, 5) is 3.63. The van der Waals surface area contributed by atoms with Gasteiger partial charge in [0.1, 0.15) is 5.82 Å². The molecule has 1 aliphatic rings. The van der Waals surface area contributed by atoms with Gasteiger partial charge in [-0.25, -0.2) is 8.78 Å². The Morgan fingerprint density at radius 1 is 1.29 bits per heavy atom. The van der Waals surface area contributed by atoms with E-state index in [4.69, 9.17) is 11.6 Å². The molecule has 2 rings (SSSR count). The summed E-state index contributed by atoms with van der Waals surface area (Å²) in [6.07, 6.45) is 3.69. The highest BCUT2D eigenvalue weighted by molar-refractivity contribution is 6.30. The zero-order valence-corrected chi connectivity index (χ0v) is 7.80. The number of benzene rings is 1. The Labute approximate surface area is 84.7 Å². The van der Waals surface area contributed by atoms with Crippen LogP contribution in [0.5, 0.6) is 0 Å². The second-order valence-corrected chi connectivity index (χ2v) is 3.46. The summed E-state index contributed by atoms with van der Waals surface area (Å²) < 4.78 is 26.9. The highest BCUT2D eigenvalue weighted by atomic mass is 35.5. The van der Waals surface area contributed by atoms with Crippen LogP contribution in [-0.2, 0) is 5.67 Å². The molecule has 0 bridgehead atoms. The first kappa shape index (κ1) is 9.34. The zero-order chi connectivity index (χ0) is 10.2. The molecule has 0 amide bonds. The van der Waals surface area contributed by atoms with Crippen molar-refractivity contribution in [2.75, 3.05) is 0 Å².